The molecule has 0 saturated heterocycles. The van der Waals surface area contributed by atoms with Gasteiger partial charge in [-0.15, -0.1) is 0 Å². The molecule has 0 saturated carbocycles. The molecule has 1 atom stereocenters. The van der Waals surface area contributed by atoms with Gasteiger partial charge >= 0.3 is 0 Å². The zero-order chi connectivity index (χ0) is 14.8. The van der Waals surface area contributed by atoms with Crippen molar-refractivity contribution in [1.82, 2.24) is 5.32 Å². The molecule has 0 unspecified atom stereocenters. The molecular formula is C16H13Cl2NO2. The van der Waals surface area contributed by atoms with Crippen LogP contribution in [0.4, 0.5) is 0 Å². The van der Waals surface area contributed by atoms with Crippen molar-refractivity contribution in [2.45, 2.75) is 19.1 Å². The second-order valence-electron chi connectivity index (χ2n) is 4.87. The van der Waals surface area contributed by atoms with E-state index >= 15 is 0 Å². The van der Waals surface area contributed by atoms with Crippen LogP contribution in [0.1, 0.15) is 11.1 Å². The summed E-state index contributed by atoms with van der Waals surface area (Å²) in [7, 11) is 0. The monoisotopic (exact) mass is 321 g/mol. The third-order valence-electron chi connectivity index (χ3n) is 3.40. The number of nitrogens with one attached hydrogen (secondary N) is 1. The number of halogens is 2. The Hall–Kier alpha value is -1.71. The summed E-state index contributed by atoms with van der Waals surface area (Å²) in [6.07, 6.45) is 0.0190. The normalized spacial score (nSPS) is 16.2. The van der Waals surface area contributed by atoms with Crippen molar-refractivity contribution in [3.8, 4) is 5.75 Å². The average Bonchev–Trinajstić information content (AvgIpc) is 2.89. The molecule has 0 radical (unpaired) electrons. The van der Waals surface area contributed by atoms with Crippen LogP contribution in [0.5, 0.6) is 5.75 Å². The van der Waals surface area contributed by atoms with Crippen molar-refractivity contribution >= 4 is 29.1 Å². The number of amides is 1. The Morgan fingerprint density at radius 3 is 2.86 bits per heavy atom. The van der Waals surface area contributed by atoms with Gasteiger partial charge in [0.25, 0.3) is 5.91 Å². The summed E-state index contributed by atoms with van der Waals surface area (Å²) in [5, 5.41) is 4.14. The lowest BCUT2D eigenvalue weighted by molar-refractivity contribution is -0.127. The van der Waals surface area contributed by atoms with Crippen molar-refractivity contribution in [3.63, 3.8) is 0 Å². The maximum Gasteiger partial charge on any atom is 0.261 e. The Morgan fingerprint density at radius 2 is 2.05 bits per heavy atom. The molecule has 1 heterocycles. The van der Waals surface area contributed by atoms with Crippen LogP contribution in [0, 0.1) is 0 Å². The summed E-state index contributed by atoms with van der Waals surface area (Å²) < 4.78 is 5.64. The summed E-state index contributed by atoms with van der Waals surface area (Å²) in [6.45, 7) is 0.384. The number of ether oxygens (including phenoxy) is 1. The number of fused-ring (bicyclic) bond motifs is 1. The molecule has 21 heavy (non-hydrogen) atoms. The quantitative estimate of drug-likeness (QED) is 0.937. The fourth-order valence-corrected chi connectivity index (χ4v) is 2.70. The van der Waals surface area contributed by atoms with Gasteiger partial charge in [0.05, 0.1) is 0 Å². The Bertz CT molecular complexity index is 688. The third kappa shape index (κ3) is 3.14. The van der Waals surface area contributed by atoms with Crippen molar-refractivity contribution in [3.05, 3.63) is 63.6 Å². The van der Waals surface area contributed by atoms with Crippen LogP contribution in [0.25, 0.3) is 0 Å². The van der Waals surface area contributed by atoms with E-state index in [9.17, 15) is 4.79 Å². The minimum absolute atomic E-state index is 0.151. The van der Waals surface area contributed by atoms with Gasteiger partial charge in [-0.2, -0.15) is 0 Å². The lowest BCUT2D eigenvalue weighted by Crippen LogP contribution is -2.37. The fraction of sp³-hybridized carbons (Fsp3) is 0.188. The second kappa shape index (κ2) is 5.96. The summed E-state index contributed by atoms with van der Waals surface area (Å²) in [5.41, 5.74) is 1.84. The highest BCUT2D eigenvalue weighted by atomic mass is 35.5. The minimum Gasteiger partial charge on any atom is -0.480 e. The first-order valence-corrected chi connectivity index (χ1v) is 7.35. The van der Waals surface area contributed by atoms with Crippen molar-refractivity contribution in [1.29, 1.82) is 0 Å². The Morgan fingerprint density at radius 1 is 1.24 bits per heavy atom. The van der Waals surface area contributed by atoms with Gasteiger partial charge in [0.2, 0.25) is 0 Å². The lowest BCUT2D eigenvalue weighted by Gasteiger charge is -2.12. The number of hydrogen-bond donors (Lipinski definition) is 1. The van der Waals surface area contributed by atoms with Crippen LogP contribution in [0.15, 0.2) is 42.5 Å². The molecule has 2 aromatic carbocycles. The van der Waals surface area contributed by atoms with E-state index < -0.39 is 6.10 Å². The molecule has 1 amide bonds. The molecule has 0 aliphatic carbocycles. The minimum atomic E-state index is -0.513. The maximum absolute atomic E-state index is 12.2. The number of rotatable bonds is 3. The van der Waals surface area contributed by atoms with Crippen LogP contribution in [-0.4, -0.2) is 12.0 Å². The van der Waals surface area contributed by atoms with Gasteiger partial charge in [-0.3, -0.25) is 4.79 Å². The number of benzene rings is 2. The van der Waals surface area contributed by atoms with Crippen molar-refractivity contribution in [2.75, 3.05) is 0 Å². The van der Waals surface area contributed by atoms with E-state index in [0.29, 0.717) is 23.0 Å². The molecule has 3 rings (SSSR count). The van der Waals surface area contributed by atoms with E-state index in [1.54, 1.807) is 18.2 Å². The predicted octanol–water partition coefficient (Wildman–Crippen LogP) is 3.61. The van der Waals surface area contributed by atoms with Gasteiger partial charge in [0.15, 0.2) is 6.10 Å². The first kappa shape index (κ1) is 14.2. The van der Waals surface area contributed by atoms with E-state index in [1.165, 1.54) is 0 Å². The summed E-state index contributed by atoms with van der Waals surface area (Å²) in [4.78, 5) is 12.2. The number of carbonyl (C=O) groups is 1. The Labute approximate surface area is 132 Å². The van der Waals surface area contributed by atoms with Crippen LogP contribution < -0.4 is 10.1 Å². The predicted molar refractivity (Wildman–Crippen MR) is 82.9 cm³/mol. The largest absolute Gasteiger partial charge is 0.480 e. The highest BCUT2D eigenvalue weighted by Crippen LogP contribution is 2.31. The smallest absolute Gasteiger partial charge is 0.261 e. The maximum atomic E-state index is 12.2. The zero-order valence-electron chi connectivity index (χ0n) is 11.1. The first-order valence-electron chi connectivity index (χ1n) is 6.59. The first-order chi connectivity index (χ1) is 10.1. The third-order valence-corrected chi connectivity index (χ3v) is 4.00. The summed E-state index contributed by atoms with van der Waals surface area (Å²) >= 11 is 12.0. The van der Waals surface area contributed by atoms with Crippen molar-refractivity contribution in [2.24, 2.45) is 0 Å². The van der Waals surface area contributed by atoms with Gasteiger partial charge in [0.1, 0.15) is 5.75 Å². The zero-order valence-corrected chi connectivity index (χ0v) is 12.6. The molecule has 1 N–H and O–H groups in total. The van der Waals surface area contributed by atoms with Gasteiger partial charge < -0.3 is 10.1 Å². The van der Waals surface area contributed by atoms with Gasteiger partial charge in [0, 0.05) is 23.0 Å². The van der Waals surface area contributed by atoms with Crippen LogP contribution >= 0.6 is 23.2 Å². The Balaban J connectivity index is 1.62. The SMILES string of the molecule is O=C(NCc1ccccc1Cl)[C@H]1Cc2cc(Cl)ccc2O1. The molecule has 1 aliphatic heterocycles. The Kier molecular flexibility index (Phi) is 4.04. The molecule has 0 bridgehead atoms. The van der Waals surface area contributed by atoms with Crippen molar-refractivity contribution < 1.29 is 9.53 Å². The highest BCUT2D eigenvalue weighted by Gasteiger charge is 2.29. The molecule has 2 aromatic rings. The average molecular weight is 322 g/mol. The van der Waals surface area contributed by atoms with E-state index in [1.807, 2.05) is 24.3 Å². The van der Waals surface area contributed by atoms with Crippen LogP contribution in [0.3, 0.4) is 0 Å². The summed E-state index contributed by atoms with van der Waals surface area (Å²) in [5.74, 6) is 0.569. The molecule has 0 aromatic heterocycles. The summed E-state index contributed by atoms with van der Waals surface area (Å²) in [6, 6.07) is 12.8. The van der Waals surface area contributed by atoms with Crippen LogP contribution in [-0.2, 0) is 17.8 Å². The van der Waals surface area contributed by atoms with Gasteiger partial charge in [-0.1, -0.05) is 41.4 Å². The topological polar surface area (TPSA) is 38.3 Å². The molecule has 0 fully saturated rings. The van der Waals surface area contributed by atoms with E-state index in [-0.39, 0.29) is 5.91 Å². The standard InChI is InChI=1S/C16H13Cl2NO2/c17-12-5-6-14-11(7-12)8-15(21-14)16(20)19-9-10-3-1-2-4-13(10)18/h1-7,15H,8-9H2,(H,19,20)/t15-/m1/s1. The highest BCUT2D eigenvalue weighted by molar-refractivity contribution is 6.31. The molecule has 1 aliphatic rings. The fourth-order valence-electron chi connectivity index (χ4n) is 2.30. The molecule has 108 valence electrons. The van der Waals surface area contributed by atoms with E-state index in [0.717, 1.165) is 16.9 Å². The molecule has 0 spiro atoms. The number of carbonyl (C=O) groups excluding carboxylic acids is 1. The lowest BCUT2D eigenvalue weighted by atomic mass is 10.1. The van der Waals surface area contributed by atoms with E-state index in [4.69, 9.17) is 27.9 Å². The second-order valence-corrected chi connectivity index (χ2v) is 5.72. The molecular weight excluding hydrogens is 309 g/mol. The van der Waals surface area contributed by atoms with E-state index in [2.05, 4.69) is 5.32 Å². The van der Waals surface area contributed by atoms with Gasteiger partial charge in [-0.25, -0.2) is 0 Å². The van der Waals surface area contributed by atoms with Gasteiger partial charge in [-0.05, 0) is 35.4 Å². The number of hydrogen-bond acceptors (Lipinski definition) is 2. The molecule has 5 heteroatoms. The molecule has 3 nitrogen and oxygen atoms in total. The van der Waals surface area contributed by atoms with Crippen LogP contribution in [0.2, 0.25) is 10.0 Å².